The van der Waals surface area contributed by atoms with Gasteiger partial charge in [-0.05, 0) is 47.9 Å². The van der Waals surface area contributed by atoms with Gasteiger partial charge in [-0.3, -0.25) is 4.98 Å². The molecule has 3 aromatic rings. The van der Waals surface area contributed by atoms with Crippen molar-refractivity contribution in [2.45, 2.75) is 19.4 Å². The van der Waals surface area contributed by atoms with Crippen LogP contribution in [0.3, 0.4) is 0 Å². The highest BCUT2D eigenvalue weighted by Crippen LogP contribution is 2.24. The fourth-order valence-electron chi connectivity index (χ4n) is 2.85. The van der Waals surface area contributed by atoms with Crippen molar-refractivity contribution < 1.29 is 0 Å². The lowest BCUT2D eigenvalue weighted by Crippen LogP contribution is -2.19. The first-order chi connectivity index (χ1) is 10.3. The number of pyridine rings is 1. The summed E-state index contributed by atoms with van der Waals surface area (Å²) in [4.78, 5) is 4.32. The normalized spacial score (nSPS) is 12.5. The maximum atomic E-state index is 4.32. The minimum absolute atomic E-state index is 0.281. The number of hydrogen-bond acceptors (Lipinski definition) is 2. The largest absolute Gasteiger partial charge is 0.313 e. The van der Waals surface area contributed by atoms with Crippen LogP contribution in [0.4, 0.5) is 0 Å². The van der Waals surface area contributed by atoms with Gasteiger partial charge >= 0.3 is 0 Å². The van der Waals surface area contributed by atoms with Crippen molar-refractivity contribution >= 4 is 10.8 Å². The van der Waals surface area contributed by atoms with Crippen molar-refractivity contribution in [3.63, 3.8) is 0 Å². The van der Waals surface area contributed by atoms with Crippen LogP contribution in [0.2, 0.25) is 0 Å². The first kappa shape index (κ1) is 13.8. The van der Waals surface area contributed by atoms with Gasteiger partial charge in [0.15, 0.2) is 0 Å². The number of aromatic nitrogens is 1. The second kappa shape index (κ2) is 6.06. The van der Waals surface area contributed by atoms with Gasteiger partial charge in [0.1, 0.15) is 0 Å². The third kappa shape index (κ3) is 2.96. The van der Waals surface area contributed by atoms with Crippen LogP contribution < -0.4 is 5.32 Å². The number of nitrogens with one attached hydrogen (secondary N) is 1. The molecule has 21 heavy (non-hydrogen) atoms. The molecule has 1 aromatic heterocycles. The molecular formula is C19H20N2. The van der Waals surface area contributed by atoms with Crippen molar-refractivity contribution in [2.75, 3.05) is 7.05 Å². The zero-order chi connectivity index (χ0) is 14.7. The zero-order valence-electron chi connectivity index (χ0n) is 12.5. The van der Waals surface area contributed by atoms with E-state index < -0.39 is 0 Å². The van der Waals surface area contributed by atoms with Gasteiger partial charge in [0.05, 0.1) is 0 Å². The average molecular weight is 276 g/mol. The van der Waals surface area contributed by atoms with Crippen LogP contribution in [0.1, 0.15) is 22.7 Å². The molecule has 2 aromatic carbocycles. The standard InChI is InChI=1S/C19H20N2/c1-14-10-17(13-21-12-14)19(20-2)11-16-8-5-7-15-6-3-4-9-18(15)16/h3-10,12-13,19-20H,11H2,1-2H3. The highest BCUT2D eigenvalue weighted by Gasteiger charge is 2.12. The lowest BCUT2D eigenvalue weighted by molar-refractivity contribution is 0.591. The van der Waals surface area contributed by atoms with Crippen LogP contribution in [0, 0.1) is 6.92 Å². The molecular weight excluding hydrogens is 256 g/mol. The molecule has 1 unspecified atom stereocenters. The average Bonchev–Trinajstić information content (AvgIpc) is 2.52. The molecule has 0 aliphatic carbocycles. The number of fused-ring (bicyclic) bond motifs is 1. The summed E-state index contributed by atoms with van der Waals surface area (Å²) >= 11 is 0. The van der Waals surface area contributed by atoms with Gasteiger partial charge in [0.2, 0.25) is 0 Å². The van der Waals surface area contributed by atoms with Gasteiger partial charge in [-0.1, -0.05) is 48.5 Å². The number of hydrogen-bond donors (Lipinski definition) is 1. The molecule has 0 aliphatic heterocycles. The van der Waals surface area contributed by atoms with Crippen molar-refractivity contribution in [3.05, 3.63) is 77.6 Å². The van der Waals surface area contributed by atoms with E-state index >= 15 is 0 Å². The predicted octanol–water partition coefficient (Wildman–Crippen LogP) is 4.05. The van der Waals surface area contributed by atoms with E-state index in [9.17, 15) is 0 Å². The van der Waals surface area contributed by atoms with Gasteiger partial charge < -0.3 is 5.32 Å². The van der Waals surface area contributed by atoms with Crippen LogP contribution in [0.5, 0.6) is 0 Å². The summed E-state index contributed by atoms with van der Waals surface area (Å²) in [6, 6.07) is 17.6. The van der Waals surface area contributed by atoms with Gasteiger partial charge in [-0.15, -0.1) is 0 Å². The lowest BCUT2D eigenvalue weighted by atomic mass is 9.95. The Balaban J connectivity index is 1.96. The maximum absolute atomic E-state index is 4.32. The summed E-state index contributed by atoms with van der Waals surface area (Å²) < 4.78 is 0. The third-order valence-electron chi connectivity index (χ3n) is 3.95. The topological polar surface area (TPSA) is 24.9 Å². The molecule has 0 bridgehead atoms. The highest BCUT2D eigenvalue weighted by molar-refractivity contribution is 5.85. The van der Waals surface area contributed by atoms with E-state index in [0.717, 1.165) is 6.42 Å². The summed E-state index contributed by atoms with van der Waals surface area (Å²) in [6.07, 6.45) is 4.82. The first-order valence-electron chi connectivity index (χ1n) is 7.33. The Kier molecular flexibility index (Phi) is 3.98. The van der Waals surface area contributed by atoms with E-state index in [1.165, 1.54) is 27.5 Å². The lowest BCUT2D eigenvalue weighted by Gasteiger charge is -2.18. The van der Waals surface area contributed by atoms with E-state index in [1.807, 2.05) is 19.4 Å². The molecule has 2 nitrogen and oxygen atoms in total. The maximum Gasteiger partial charge on any atom is 0.0374 e. The molecule has 0 spiro atoms. The number of aryl methyl sites for hydroxylation is 1. The highest BCUT2D eigenvalue weighted by atomic mass is 14.9. The molecule has 0 aliphatic rings. The minimum Gasteiger partial charge on any atom is -0.313 e. The monoisotopic (exact) mass is 276 g/mol. The minimum atomic E-state index is 0.281. The Morgan fingerprint density at radius 3 is 2.67 bits per heavy atom. The number of likely N-dealkylation sites (N-methyl/N-ethyl adjacent to an activating group) is 1. The van der Waals surface area contributed by atoms with Gasteiger partial charge in [0.25, 0.3) is 0 Å². The second-order valence-corrected chi connectivity index (χ2v) is 5.48. The van der Waals surface area contributed by atoms with Gasteiger partial charge in [0, 0.05) is 18.4 Å². The Morgan fingerprint density at radius 2 is 1.86 bits per heavy atom. The summed E-state index contributed by atoms with van der Waals surface area (Å²) in [6.45, 7) is 2.08. The summed E-state index contributed by atoms with van der Waals surface area (Å²) in [5.41, 5.74) is 3.81. The smallest absolute Gasteiger partial charge is 0.0374 e. The molecule has 3 rings (SSSR count). The fraction of sp³-hybridized carbons (Fsp3) is 0.211. The van der Waals surface area contributed by atoms with Crippen LogP contribution >= 0.6 is 0 Å². The third-order valence-corrected chi connectivity index (χ3v) is 3.95. The summed E-state index contributed by atoms with van der Waals surface area (Å²) in [5, 5.41) is 6.05. The van der Waals surface area contributed by atoms with Crippen molar-refractivity contribution in [2.24, 2.45) is 0 Å². The van der Waals surface area contributed by atoms with E-state index in [-0.39, 0.29) is 6.04 Å². The molecule has 1 heterocycles. The van der Waals surface area contributed by atoms with Crippen molar-refractivity contribution in [1.29, 1.82) is 0 Å². The summed E-state index contributed by atoms with van der Waals surface area (Å²) in [7, 11) is 2.01. The second-order valence-electron chi connectivity index (χ2n) is 5.48. The molecule has 0 fully saturated rings. The van der Waals surface area contributed by atoms with Crippen LogP contribution in [-0.2, 0) is 6.42 Å². The molecule has 0 saturated heterocycles. The Morgan fingerprint density at radius 1 is 1.05 bits per heavy atom. The van der Waals surface area contributed by atoms with Crippen LogP contribution in [0.15, 0.2) is 60.9 Å². The number of rotatable bonds is 4. The van der Waals surface area contributed by atoms with Crippen LogP contribution in [-0.4, -0.2) is 12.0 Å². The SMILES string of the molecule is CNC(Cc1cccc2ccccc12)c1cncc(C)c1. The Labute approximate surface area is 125 Å². The van der Waals surface area contributed by atoms with Gasteiger partial charge in [-0.25, -0.2) is 0 Å². The van der Waals surface area contributed by atoms with E-state index in [2.05, 4.69) is 65.8 Å². The van der Waals surface area contributed by atoms with E-state index in [4.69, 9.17) is 0 Å². The van der Waals surface area contributed by atoms with Crippen LogP contribution in [0.25, 0.3) is 10.8 Å². The summed E-state index contributed by atoms with van der Waals surface area (Å²) in [5.74, 6) is 0. The molecule has 0 amide bonds. The molecule has 0 saturated carbocycles. The Hall–Kier alpha value is -2.19. The quantitative estimate of drug-likeness (QED) is 0.777. The fourth-order valence-corrected chi connectivity index (χ4v) is 2.85. The molecule has 2 heteroatoms. The van der Waals surface area contributed by atoms with Crippen molar-refractivity contribution in [1.82, 2.24) is 10.3 Å². The zero-order valence-corrected chi connectivity index (χ0v) is 12.5. The first-order valence-corrected chi connectivity index (χ1v) is 7.33. The van der Waals surface area contributed by atoms with E-state index in [0.29, 0.717) is 0 Å². The molecule has 0 radical (unpaired) electrons. The Bertz CT molecular complexity index is 744. The van der Waals surface area contributed by atoms with E-state index in [1.54, 1.807) is 0 Å². The predicted molar refractivity (Wildman–Crippen MR) is 88.4 cm³/mol. The number of nitrogens with zero attached hydrogens (tertiary/aromatic N) is 1. The number of benzene rings is 2. The van der Waals surface area contributed by atoms with Gasteiger partial charge in [-0.2, -0.15) is 0 Å². The van der Waals surface area contributed by atoms with Crippen molar-refractivity contribution in [3.8, 4) is 0 Å². The molecule has 1 N–H and O–H groups in total. The molecule has 106 valence electrons. The molecule has 1 atom stereocenters.